The van der Waals surface area contributed by atoms with E-state index in [4.69, 9.17) is 21.1 Å². The second-order valence-corrected chi connectivity index (χ2v) is 7.88. The van der Waals surface area contributed by atoms with Crippen LogP contribution in [0.1, 0.15) is 10.4 Å². The first-order valence-electron chi connectivity index (χ1n) is 9.30. The maximum absolute atomic E-state index is 12.4. The third-order valence-electron chi connectivity index (χ3n) is 4.25. The summed E-state index contributed by atoms with van der Waals surface area (Å²) in [5.41, 5.74) is 1.68. The fraction of sp³-hybridized carbons (Fsp3) is 0.130. The first kappa shape index (κ1) is 22.5. The van der Waals surface area contributed by atoms with E-state index in [0.29, 0.717) is 33.5 Å². The number of hydrogen-bond acceptors (Lipinski definition) is 5. The van der Waals surface area contributed by atoms with E-state index in [9.17, 15) is 9.59 Å². The van der Waals surface area contributed by atoms with E-state index in [1.165, 1.54) is 11.8 Å². The highest BCUT2D eigenvalue weighted by Gasteiger charge is 2.10. The number of hydrogen-bond donors (Lipinski definition) is 2. The van der Waals surface area contributed by atoms with Gasteiger partial charge in [0.25, 0.3) is 5.91 Å². The van der Waals surface area contributed by atoms with Gasteiger partial charge >= 0.3 is 0 Å². The number of halogens is 1. The van der Waals surface area contributed by atoms with Crippen molar-refractivity contribution in [2.75, 3.05) is 30.6 Å². The lowest BCUT2D eigenvalue weighted by molar-refractivity contribution is -0.113. The van der Waals surface area contributed by atoms with Crippen molar-refractivity contribution < 1.29 is 19.1 Å². The van der Waals surface area contributed by atoms with Crippen LogP contribution in [0.25, 0.3) is 0 Å². The molecule has 6 nitrogen and oxygen atoms in total. The van der Waals surface area contributed by atoms with Crippen LogP contribution in [0.15, 0.2) is 71.6 Å². The summed E-state index contributed by atoms with van der Waals surface area (Å²) < 4.78 is 10.5. The van der Waals surface area contributed by atoms with Crippen molar-refractivity contribution in [2.45, 2.75) is 4.90 Å². The van der Waals surface area contributed by atoms with Gasteiger partial charge in [-0.1, -0.05) is 17.7 Å². The monoisotopic (exact) mass is 456 g/mol. The highest BCUT2D eigenvalue weighted by atomic mass is 35.5. The van der Waals surface area contributed by atoms with Crippen LogP contribution in [0, 0.1) is 0 Å². The smallest absolute Gasteiger partial charge is 0.255 e. The van der Waals surface area contributed by atoms with Gasteiger partial charge in [0.05, 0.1) is 25.7 Å². The molecule has 3 aromatic carbocycles. The average Bonchev–Trinajstić information content (AvgIpc) is 2.78. The van der Waals surface area contributed by atoms with Crippen molar-refractivity contribution >= 4 is 46.6 Å². The van der Waals surface area contributed by atoms with E-state index in [-0.39, 0.29) is 17.6 Å². The van der Waals surface area contributed by atoms with Gasteiger partial charge in [0.15, 0.2) is 0 Å². The van der Waals surface area contributed by atoms with Gasteiger partial charge < -0.3 is 20.1 Å². The van der Waals surface area contributed by atoms with Gasteiger partial charge in [-0.05, 0) is 54.6 Å². The molecule has 0 aliphatic heterocycles. The number of anilines is 2. The zero-order chi connectivity index (χ0) is 22.2. The van der Waals surface area contributed by atoms with E-state index < -0.39 is 0 Å². The molecule has 0 unspecified atom stereocenters. The predicted octanol–water partition coefficient (Wildman–Crippen LogP) is 5.34. The number of benzene rings is 3. The largest absolute Gasteiger partial charge is 0.497 e. The minimum atomic E-state index is -0.241. The average molecular weight is 457 g/mol. The van der Waals surface area contributed by atoms with E-state index in [2.05, 4.69) is 10.6 Å². The lowest BCUT2D eigenvalue weighted by Gasteiger charge is -2.12. The van der Waals surface area contributed by atoms with Crippen LogP contribution in [0.2, 0.25) is 5.02 Å². The third-order valence-corrected chi connectivity index (χ3v) is 5.50. The quantitative estimate of drug-likeness (QED) is 0.447. The SMILES string of the molecule is COc1ccc(OC)c(NC(=O)CSc2ccc(NC(=O)c3cccc(Cl)c3)cc2)c1. The van der Waals surface area contributed by atoms with Gasteiger partial charge in [-0.2, -0.15) is 0 Å². The number of rotatable bonds is 8. The summed E-state index contributed by atoms with van der Waals surface area (Å²) in [5.74, 6) is 0.983. The number of nitrogens with one attached hydrogen (secondary N) is 2. The number of thioether (sulfide) groups is 1. The molecule has 2 amide bonds. The number of methoxy groups -OCH3 is 2. The molecule has 31 heavy (non-hydrogen) atoms. The van der Waals surface area contributed by atoms with Crippen molar-refractivity contribution in [1.82, 2.24) is 0 Å². The Balaban J connectivity index is 1.54. The van der Waals surface area contributed by atoms with Gasteiger partial charge in [0, 0.05) is 27.2 Å². The molecule has 2 N–H and O–H groups in total. The van der Waals surface area contributed by atoms with Crippen molar-refractivity contribution in [3.05, 3.63) is 77.3 Å². The van der Waals surface area contributed by atoms with Crippen LogP contribution >= 0.6 is 23.4 Å². The molecule has 0 saturated heterocycles. The Labute approximate surface area is 189 Å². The summed E-state index contributed by atoms with van der Waals surface area (Å²) in [5, 5.41) is 6.16. The Bertz CT molecular complexity index is 1070. The van der Waals surface area contributed by atoms with Crippen LogP contribution in [0.4, 0.5) is 11.4 Å². The molecule has 3 rings (SSSR count). The van der Waals surface area contributed by atoms with Crippen molar-refractivity contribution in [3.63, 3.8) is 0 Å². The van der Waals surface area contributed by atoms with Crippen LogP contribution in [0.5, 0.6) is 11.5 Å². The van der Waals surface area contributed by atoms with Gasteiger partial charge in [-0.25, -0.2) is 0 Å². The summed E-state index contributed by atoms with van der Waals surface area (Å²) in [7, 11) is 3.10. The molecule has 0 fully saturated rings. The summed E-state index contributed by atoms with van der Waals surface area (Å²) >= 11 is 7.31. The molecule has 0 saturated carbocycles. The van der Waals surface area contributed by atoms with Gasteiger partial charge in [-0.3, -0.25) is 9.59 Å². The summed E-state index contributed by atoms with van der Waals surface area (Å²) in [6.45, 7) is 0. The summed E-state index contributed by atoms with van der Waals surface area (Å²) in [6.07, 6.45) is 0. The van der Waals surface area contributed by atoms with Crippen LogP contribution in [-0.2, 0) is 4.79 Å². The zero-order valence-electron chi connectivity index (χ0n) is 17.0. The summed E-state index contributed by atoms with van der Waals surface area (Å²) in [4.78, 5) is 25.5. The molecular formula is C23H21ClN2O4S. The molecule has 0 heterocycles. The molecule has 0 aliphatic carbocycles. The molecule has 3 aromatic rings. The maximum atomic E-state index is 12.4. The maximum Gasteiger partial charge on any atom is 0.255 e. The molecule has 8 heteroatoms. The summed E-state index contributed by atoms with van der Waals surface area (Å²) in [6, 6.07) is 19.2. The zero-order valence-corrected chi connectivity index (χ0v) is 18.5. The van der Waals surface area contributed by atoms with Crippen LogP contribution in [-0.4, -0.2) is 31.8 Å². The van der Waals surface area contributed by atoms with Gasteiger partial charge in [0.2, 0.25) is 5.91 Å². The van der Waals surface area contributed by atoms with E-state index in [0.717, 1.165) is 4.90 Å². The number of amides is 2. The molecule has 0 aliphatic rings. The van der Waals surface area contributed by atoms with Crippen LogP contribution in [0.3, 0.4) is 0 Å². The lowest BCUT2D eigenvalue weighted by atomic mass is 10.2. The Kier molecular flexibility index (Phi) is 7.81. The Hall–Kier alpha value is -3.16. The Morgan fingerprint density at radius 2 is 1.71 bits per heavy atom. The van der Waals surface area contributed by atoms with Gasteiger partial charge in [-0.15, -0.1) is 11.8 Å². The second-order valence-electron chi connectivity index (χ2n) is 6.39. The number of carbonyl (C=O) groups excluding carboxylic acids is 2. The highest BCUT2D eigenvalue weighted by Crippen LogP contribution is 2.29. The van der Waals surface area contributed by atoms with Gasteiger partial charge in [0.1, 0.15) is 11.5 Å². The molecule has 0 atom stereocenters. The van der Waals surface area contributed by atoms with Crippen molar-refractivity contribution in [3.8, 4) is 11.5 Å². The van der Waals surface area contributed by atoms with E-state index in [1.807, 2.05) is 12.1 Å². The minimum Gasteiger partial charge on any atom is -0.497 e. The lowest BCUT2D eigenvalue weighted by Crippen LogP contribution is -2.14. The minimum absolute atomic E-state index is 0.171. The molecule has 0 spiro atoms. The fourth-order valence-corrected chi connectivity index (χ4v) is 3.60. The highest BCUT2D eigenvalue weighted by molar-refractivity contribution is 8.00. The predicted molar refractivity (Wildman–Crippen MR) is 125 cm³/mol. The van der Waals surface area contributed by atoms with Crippen molar-refractivity contribution in [1.29, 1.82) is 0 Å². The van der Waals surface area contributed by atoms with E-state index >= 15 is 0 Å². The first-order chi connectivity index (χ1) is 15.0. The standard InChI is InChI=1S/C23H21ClN2O4S/c1-29-18-8-11-21(30-2)20(13-18)26-22(27)14-31-19-9-6-17(7-10-19)25-23(28)15-4-3-5-16(24)12-15/h3-13H,14H2,1-2H3,(H,25,28)(H,26,27). The molecule has 0 bridgehead atoms. The topological polar surface area (TPSA) is 76.7 Å². The fourth-order valence-electron chi connectivity index (χ4n) is 2.71. The van der Waals surface area contributed by atoms with Crippen molar-refractivity contribution in [2.24, 2.45) is 0 Å². The Morgan fingerprint density at radius 3 is 2.39 bits per heavy atom. The first-order valence-corrected chi connectivity index (χ1v) is 10.7. The molecule has 0 radical (unpaired) electrons. The molecule has 0 aromatic heterocycles. The normalized spacial score (nSPS) is 10.3. The second kappa shape index (κ2) is 10.7. The number of carbonyl (C=O) groups is 2. The third kappa shape index (κ3) is 6.41. The molecule has 160 valence electrons. The van der Waals surface area contributed by atoms with Crippen LogP contribution < -0.4 is 20.1 Å². The van der Waals surface area contributed by atoms with E-state index in [1.54, 1.807) is 68.8 Å². The number of ether oxygens (including phenoxy) is 2. The Morgan fingerprint density at radius 1 is 0.935 bits per heavy atom. The molecular weight excluding hydrogens is 436 g/mol.